The van der Waals surface area contributed by atoms with Gasteiger partial charge < -0.3 is 9.80 Å². The van der Waals surface area contributed by atoms with E-state index in [-0.39, 0.29) is 49.0 Å². The molecule has 1 fully saturated rings. The van der Waals surface area contributed by atoms with Gasteiger partial charge >= 0.3 is 0 Å². The Kier molecular flexibility index (Phi) is 6.98. The maximum Gasteiger partial charge on any atom is 0.293 e. The number of nitrogens with one attached hydrogen (secondary N) is 1. The van der Waals surface area contributed by atoms with E-state index in [1.54, 1.807) is 19.0 Å². The number of hydrogen-bond donors (Lipinski definition) is 1. The van der Waals surface area contributed by atoms with Crippen LogP contribution in [0.4, 0.5) is 11.4 Å². The summed E-state index contributed by atoms with van der Waals surface area (Å²) in [6.07, 6.45) is 1.12. The van der Waals surface area contributed by atoms with Gasteiger partial charge in [-0.3, -0.25) is 10.1 Å². The highest BCUT2D eigenvalue weighted by atomic mass is 32.2. The van der Waals surface area contributed by atoms with Crippen LogP contribution >= 0.6 is 0 Å². The number of nitro benzene ring substituents is 1. The maximum atomic E-state index is 12.4. The largest absolute Gasteiger partial charge is 0.363 e. The van der Waals surface area contributed by atoms with Crippen LogP contribution in [0.5, 0.6) is 0 Å². The summed E-state index contributed by atoms with van der Waals surface area (Å²) < 4.78 is 51.7. The monoisotopic (exact) mass is 435 g/mol. The lowest BCUT2D eigenvalue weighted by molar-refractivity contribution is -0.384. The zero-order valence-electron chi connectivity index (χ0n) is 16.0. The summed E-state index contributed by atoms with van der Waals surface area (Å²) in [4.78, 5) is 14.2. The van der Waals surface area contributed by atoms with Crippen molar-refractivity contribution < 1.29 is 21.8 Å². The molecule has 158 valence electrons. The van der Waals surface area contributed by atoms with E-state index in [9.17, 15) is 26.9 Å². The van der Waals surface area contributed by atoms with Crippen molar-refractivity contribution in [2.45, 2.75) is 4.90 Å². The lowest BCUT2D eigenvalue weighted by atomic mass is 10.2. The summed E-state index contributed by atoms with van der Waals surface area (Å²) in [6.45, 7) is 1.65. The first-order valence-corrected chi connectivity index (χ1v) is 11.9. The van der Waals surface area contributed by atoms with Crippen molar-refractivity contribution in [1.29, 1.82) is 0 Å². The van der Waals surface area contributed by atoms with Gasteiger partial charge in [0.2, 0.25) is 20.0 Å². The molecule has 0 bridgehead atoms. The van der Waals surface area contributed by atoms with E-state index in [0.717, 1.165) is 12.3 Å². The number of likely N-dealkylation sites (N-methyl/N-ethyl adjacent to an activating group) is 1. The third-order valence-corrected chi connectivity index (χ3v) is 7.12. The van der Waals surface area contributed by atoms with Crippen LogP contribution in [0.15, 0.2) is 23.1 Å². The molecule has 0 spiro atoms. The second-order valence-electron chi connectivity index (χ2n) is 6.76. The molecule has 0 aromatic heterocycles. The zero-order valence-corrected chi connectivity index (χ0v) is 17.7. The molecular formula is C15H25N5O6S2. The molecular weight excluding hydrogens is 410 g/mol. The van der Waals surface area contributed by atoms with Crippen LogP contribution in [-0.4, -0.2) is 90.6 Å². The number of anilines is 1. The van der Waals surface area contributed by atoms with Gasteiger partial charge in [-0.2, -0.15) is 4.31 Å². The summed E-state index contributed by atoms with van der Waals surface area (Å²) in [6, 6.07) is 3.76. The van der Waals surface area contributed by atoms with Crippen LogP contribution in [0.2, 0.25) is 0 Å². The molecule has 0 amide bonds. The zero-order chi connectivity index (χ0) is 21.1. The van der Waals surface area contributed by atoms with Crippen LogP contribution in [0.25, 0.3) is 0 Å². The standard InChI is InChI=1S/C15H25N5O6S2/c1-17(2)7-6-16-28(25,26)13-4-5-14(15(12-13)20(21)22)18-8-10-19(11-9-18)27(3,23)24/h4-5,12,16H,6-11H2,1-3H3. The Labute approximate surface area is 165 Å². The molecule has 1 aliphatic rings. The van der Waals surface area contributed by atoms with E-state index < -0.39 is 25.0 Å². The quantitative estimate of drug-likeness (QED) is 0.427. The molecule has 1 heterocycles. The molecule has 1 saturated heterocycles. The van der Waals surface area contributed by atoms with Gasteiger partial charge in [0.1, 0.15) is 5.69 Å². The van der Waals surface area contributed by atoms with Gasteiger partial charge in [0.05, 0.1) is 16.1 Å². The Morgan fingerprint density at radius 1 is 1.14 bits per heavy atom. The Bertz CT molecular complexity index is 924. The minimum Gasteiger partial charge on any atom is -0.363 e. The van der Waals surface area contributed by atoms with Gasteiger partial charge in [0, 0.05) is 45.3 Å². The molecule has 1 aromatic carbocycles. The van der Waals surface area contributed by atoms with Gasteiger partial charge in [-0.1, -0.05) is 0 Å². The van der Waals surface area contributed by atoms with Crippen molar-refractivity contribution in [2.24, 2.45) is 0 Å². The number of piperazine rings is 1. The first-order valence-electron chi connectivity index (χ1n) is 8.55. The highest BCUT2D eigenvalue weighted by Crippen LogP contribution is 2.31. The van der Waals surface area contributed by atoms with E-state index >= 15 is 0 Å². The van der Waals surface area contributed by atoms with Gasteiger partial charge in [-0.25, -0.2) is 21.6 Å². The van der Waals surface area contributed by atoms with E-state index in [0.29, 0.717) is 6.54 Å². The van der Waals surface area contributed by atoms with Crippen LogP contribution in [-0.2, 0) is 20.0 Å². The first kappa shape index (κ1) is 22.5. The molecule has 13 heteroatoms. The molecule has 11 nitrogen and oxygen atoms in total. The summed E-state index contributed by atoms with van der Waals surface area (Å²) in [5, 5.41) is 11.5. The van der Waals surface area contributed by atoms with E-state index in [1.807, 2.05) is 4.90 Å². The second-order valence-corrected chi connectivity index (χ2v) is 10.5. The Balaban J connectivity index is 2.23. The van der Waals surface area contributed by atoms with Crippen molar-refractivity contribution in [3.05, 3.63) is 28.3 Å². The third-order valence-electron chi connectivity index (χ3n) is 4.35. The third kappa shape index (κ3) is 5.61. The topological polar surface area (TPSA) is 133 Å². The summed E-state index contributed by atoms with van der Waals surface area (Å²) in [5.74, 6) is 0. The molecule has 0 radical (unpaired) electrons. The summed E-state index contributed by atoms with van der Waals surface area (Å²) in [7, 11) is -3.59. The molecule has 0 unspecified atom stereocenters. The van der Waals surface area contributed by atoms with Crippen LogP contribution in [0.3, 0.4) is 0 Å². The molecule has 1 aliphatic heterocycles. The molecule has 28 heavy (non-hydrogen) atoms. The number of nitro groups is 1. The van der Waals surface area contributed by atoms with Crippen molar-refractivity contribution in [3.8, 4) is 0 Å². The number of sulfonamides is 2. The lowest BCUT2D eigenvalue weighted by Gasteiger charge is -2.34. The minimum absolute atomic E-state index is 0.179. The van der Waals surface area contributed by atoms with Gasteiger partial charge in [-0.05, 0) is 26.2 Å². The first-order chi connectivity index (χ1) is 12.9. The predicted octanol–water partition coefficient (Wildman–Crippen LogP) is -0.484. The Morgan fingerprint density at radius 3 is 2.25 bits per heavy atom. The van der Waals surface area contributed by atoms with Crippen molar-refractivity contribution in [3.63, 3.8) is 0 Å². The van der Waals surface area contributed by atoms with Gasteiger partial charge in [0.25, 0.3) is 5.69 Å². The highest BCUT2D eigenvalue weighted by molar-refractivity contribution is 7.89. The fourth-order valence-electron chi connectivity index (χ4n) is 2.83. The minimum atomic E-state index is -3.87. The number of nitrogens with zero attached hydrogens (tertiary/aromatic N) is 4. The number of hydrogen-bond acceptors (Lipinski definition) is 8. The van der Waals surface area contributed by atoms with Crippen molar-refractivity contribution in [2.75, 3.05) is 64.5 Å². The van der Waals surface area contributed by atoms with Crippen molar-refractivity contribution in [1.82, 2.24) is 13.9 Å². The van der Waals surface area contributed by atoms with Gasteiger partial charge in [0.15, 0.2) is 0 Å². The molecule has 0 atom stereocenters. The van der Waals surface area contributed by atoms with E-state index in [4.69, 9.17) is 0 Å². The van der Waals surface area contributed by atoms with E-state index in [2.05, 4.69) is 4.72 Å². The van der Waals surface area contributed by atoms with Crippen molar-refractivity contribution >= 4 is 31.4 Å². The highest BCUT2D eigenvalue weighted by Gasteiger charge is 2.28. The predicted molar refractivity (Wildman–Crippen MR) is 105 cm³/mol. The fourth-order valence-corrected chi connectivity index (χ4v) is 4.70. The summed E-state index contributed by atoms with van der Waals surface area (Å²) in [5.41, 5.74) is -0.0614. The normalized spacial score (nSPS) is 16.5. The Morgan fingerprint density at radius 2 is 1.75 bits per heavy atom. The van der Waals surface area contributed by atoms with Gasteiger partial charge in [-0.15, -0.1) is 0 Å². The molecule has 1 N–H and O–H groups in total. The Hall–Kier alpha value is -1.80. The molecule has 0 saturated carbocycles. The van der Waals surface area contributed by atoms with E-state index in [1.165, 1.54) is 16.4 Å². The average molecular weight is 436 g/mol. The summed E-state index contributed by atoms with van der Waals surface area (Å²) >= 11 is 0. The number of benzene rings is 1. The molecule has 1 aromatic rings. The second kappa shape index (κ2) is 8.69. The SMILES string of the molecule is CN(C)CCNS(=O)(=O)c1ccc(N2CCN(S(C)(=O)=O)CC2)c([N+](=O)[O-])c1. The van der Waals surface area contributed by atoms with Crippen LogP contribution < -0.4 is 9.62 Å². The fraction of sp³-hybridized carbons (Fsp3) is 0.600. The smallest absolute Gasteiger partial charge is 0.293 e. The van der Waals surface area contributed by atoms with Crippen LogP contribution in [0.1, 0.15) is 0 Å². The average Bonchev–Trinajstić information content (AvgIpc) is 2.60. The number of rotatable bonds is 8. The van der Waals surface area contributed by atoms with Crippen LogP contribution in [0, 0.1) is 10.1 Å². The lowest BCUT2D eigenvalue weighted by Crippen LogP contribution is -2.48. The molecule has 2 rings (SSSR count). The molecule has 0 aliphatic carbocycles. The maximum absolute atomic E-state index is 12.4.